The molecule has 0 aromatic heterocycles. The molecule has 0 aromatic carbocycles. The predicted octanol–water partition coefficient (Wildman–Crippen LogP) is 1.04. The topological polar surface area (TPSA) is 48.8 Å². The molecule has 0 N–H and O–H groups in total. The monoisotopic (exact) mass is 91.0 g/mol. The third kappa shape index (κ3) is 23.2. The van der Waals surface area contributed by atoms with E-state index in [-0.39, 0.29) is 13.5 Å². The molecule has 4 heteroatoms. The lowest BCUT2D eigenvalue weighted by molar-refractivity contribution is 1.40. The van der Waals surface area contributed by atoms with Crippen LogP contribution in [-0.2, 0) is 0 Å². The third-order valence-electron chi connectivity index (χ3n) is 0.0894. The van der Waals surface area contributed by atoms with Crippen molar-refractivity contribution in [3.63, 3.8) is 0 Å². The van der Waals surface area contributed by atoms with Crippen LogP contribution in [0, 0.1) is 0 Å². The van der Waals surface area contributed by atoms with Gasteiger partial charge < -0.3 is 0 Å². The Morgan fingerprint density at radius 3 is 2.00 bits per heavy atom. The highest BCUT2D eigenvalue weighted by Gasteiger charge is 1.27. The van der Waals surface area contributed by atoms with Crippen molar-refractivity contribution in [1.29, 1.82) is 0 Å². The Morgan fingerprint density at radius 2 is 2.00 bits per heavy atom. The molecule has 0 radical (unpaired) electrons. The van der Waals surface area contributed by atoms with Gasteiger partial charge in [0.25, 0.3) is 0 Å². The molecule has 0 amide bonds. The smallest absolute Gasteiger partial charge is 0.0139 e. The average Bonchev–Trinajstić information content (AvgIpc) is 1.37. The second kappa shape index (κ2) is 9.40. The van der Waals surface area contributed by atoms with Gasteiger partial charge in [0.05, 0.1) is 0 Å². The van der Waals surface area contributed by atoms with E-state index in [0.717, 1.165) is 0 Å². The van der Waals surface area contributed by atoms with Crippen molar-refractivity contribution >= 4 is 13.5 Å². The van der Waals surface area contributed by atoms with E-state index >= 15 is 0 Å². The van der Waals surface area contributed by atoms with Gasteiger partial charge in [-0.05, 0) is 5.53 Å². The molecule has 0 saturated heterocycles. The van der Waals surface area contributed by atoms with E-state index in [9.17, 15) is 0 Å². The first kappa shape index (κ1) is 8.82. The molecule has 0 aliphatic heterocycles. The summed E-state index contributed by atoms with van der Waals surface area (Å²) in [5.41, 5.74) is 7.33. The van der Waals surface area contributed by atoms with Crippen molar-refractivity contribution in [2.24, 2.45) is 5.11 Å². The maximum atomic E-state index is 7.33. The molecule has 0 atom stereocenters. The average molecular weight is 91.1 g/mol. The summed E-state index contributed by atoms with van der Waals surface area (Å²) in [5.74, 6) is 0. The molecule has 0 heterocycles. The fraction of sp³-hybridized carbons (Fsp3) is 1.00. The normalized spacial score (nSPS) is 3.40. The number of hydrogen-bond donors (Lipinski definition) is 0. The van der Waals surface area contributed by atoms with Gasteiger partial charge in [-0.15, -0.1) is 0 Å². The van der Waals surface area contributed by atoms with Crippen LogP contribution >= 0.6 is 13.5 Å². The maximum absolute atomic E-state index is 7.33. The van der Waals surface area contributed by atoms with E-state index in [1.807, 2.05) is 0 Å². The number of rotatable bonds is 0. The molecule has 0 unspecified atom stereocenters. The Bertz CT molecular complexity index is 44.9. The van der Waals surface area contributed by atoms with E-state index in [1.54, 1.807) is 0 Å². The van der Waals surface area contributed by atoms with Gasteiger partial charge in [-0.25, -0.2) is 0 Å². The number of hydrogen-bond acceptors (Lipinski definition) is 1. The van der Waals surface area contributed by atoms with Crippen molar-refractivity contribution in [2.45, 2.75) is 0 Å². The van der Waals surface area contributed by atoms with Crippen LogP contribution in [0.4, 0.5) is 0 Å². The van der Waals surface area contributed by atoms with Gasteiger partial charge in [0.1, 0.15) is 0 Å². The second-order valence-corrected chi connectivity index (χ2v) is 0.289. The molecule has 0 rings (SSSR count). The first-order valence-electron chi connectivity index (χ1n) is 0.847. The molecule has 0 aliphatic carbocycles. The summed E-state index contributed by atoms with van der Waals surface area (Å²) in [6, 6.07) is 0. The summed E-state index contributed by atoms with van der Waals surface area (Å²) >= 11 is 0. The molecular formula is CH5N3S. The van der Waals surface area contributed by atoms with Gasteiger partial charge in [0, 0.05) is 12.0 Å². The largest absolute Gasteiger partial charge is 0.197 e. The zero-order valence-corrected chi connectivity index (χ0v) is 3.84. The van der Waals surface area contributed by atoms with E-state index in [1.165, 1.54) is 7.05 Å². The van der Waals surface area contributed by atoms with Crippen LogP contribution in [0.25, 0.3) is 10.4 Å². The van der Waals surface area contributed by atoms with Crippen LogP contribution in [0.5, 0.6) is 0 Å². The van der Waals surface area contributed by atoms with Gasteiger partial charge in [0.15, 0.2) is 0 Å². The summed E-state index contributed by atoms with van der Waals surface area (Å²) in [7, 11) is 1.39. The number of azide groups is 1. The lowest BCUT2D eigenvalue weighted by Crippen LogP contribution is -1.22. The molecule has 5 heavy (non-hydrogen) atoms. The van der Waals surface area contributed by atoms with Gasteiger partial charge in [0.2, 0.25) is 0 Å². The summed E-state index contributed by atoms with van der Waals surface area (Å²) in [4.78, 5) is 2.36. The SMILES string of the molecule is CN=[N+]=[N-].S. The third-order valence-corrected chi connectivity index (χ3v) is 0.0894. The highest BCUT2D eigenvalue weighted by Crippen LogP contribution is 1.46. The highest BCUT2D eigenvalue weighted by molar-refractivity contribution is 7.59. The van der Waals surface area contributed by atoms with E-state index in [4.69, 9.17) is 5.53 Å². The maximum Gasteiger partial charge on any atom is 0.0139 e. The summed E-state index contributed by atoms with van der Waals surface area (Å²) in [5, 5.41) is 2.92. The minimum atomic E-state index is 0. The fourth-order valence-corrected chi connectivity index (χ4v) is 0. The Morgan fingerprint density at radius 1 is 1.80 bits per heavy atom. The lowest BCUT2D eigenvalue weighted by atomic mass is 11.6. The Labute approximate surface area is 37.1 Å². The van der Waals surface area contributed by atoms with E-state index in [2.05, 4.69) is 10.0 Å². The van der Waals surface area contributed by atoms with Gasteiger partial charge in [-0.2, -0.15) is 13.5 Å². The molecule has 3 nitrogen and oxygen atoms in total. The van der Waals surface area contributed by atoms with Crippen LogP contribution in [0.2, 0.25) is 0 Å². The van der Waals surface area contributed by atoms with Gasteiger partial charge >= 0.3 is 0 Å². The number of nitrogens with zero attached hydrogens (tertiary/aromatic N) is 3. The second-order valence-electron chi connectivity index (χ2n) is 0.289. The zero-order valence-electron chi connectivity index (χ0n) is 2.84. The summed E-state index contributed by atoms with van der Waals surface area (Å²) in [6.45, 7) is 0. The quantitative estimate of drug-likeness (QED) is 0.243. The van der Waals surface area contributed by atoms with Crippen molar-refractivity contribution in [3.05, 3.63) is 10.4 Å². The van der Waals surface area contributed by atoms with Gasteiger partial charge in [-0.3, -0.25) is 0 Å². The van der Waals surface area contributed by atoms with Crippen LogP contribution in [-0.4, -0.2) is 7.05 Å². The van der Waals surface area contributed by atoms with Gasteiger partial charge in [-0.1, -0.05) is 5.11 Å². The molecule has 0 bridgehead atoms. The first-order chi connectivity index (χ1) is 1.91. The van der Waals surface area contributed by atoms with Crippen LogP contribution in [0.3, 0.4) is 0 Å². The Kier molecular flexibility index (Phi) is 16.6. The predicted molar refractivity (Wildman–Crippen MR) is 25.5 cm³/mol. The minimum Gasteiger partial charge on any atom is -0.197 e. The van der Waals surface area contributed by atoms with Crippen LogP contribution in [0.15, 0.2) is 5.11 Å². The van der Waals surface area contributed by atoms with Crippen molar-refractivity contribution in [3.8, 4) is 0 Å². The van der Waals surface area contributed by atoms with Crippen LogP contribution in [0.1, 0.15) is 0 Å². The first-order valence-corrected chi connectivity index (χ1v) is 0.847. The highest BCUT2D eigenvalue weighted by atomic mass is 32.1. The zero-order chi connectivity index (χ0) is 3.41. The molecule has 0 aliphatic rings. The minimum absolute atomic E-state index is 0. The summed E-state index contributed by atoms with van der Waals surface area (Å²) < 4.78 is 0. The molecule has 0 saturated carbocycles. The Balaban J connectivity index is 0. The molecule has 0 spiro atoms. The van der Waals surface area contributed by atoms with Crippen molar-refractivity contribution in [2.75, 3.05) is 7.05 Å². The standard InChI is InChI=1S/CH3N3.H2S/c1-3-4-2;/h1H3;1H2. The van der Waals surface area contributed by atoms with Crippen LogP contribution < -0.4 is 0 Å². The summed E-state index contributed by atoms with van der Waals surface area (Å²) in [6.07, 6.45) is 0. The Hall–Kier alpha value is -0.340. The molecular weight excluding hydrogens is 86.1 g/mol. The molecule has 30 valence electrons. The van der Waals surface area contributed by atoms with E-state index < -0.39 is 0 Å². The van der Waals surface area contributed by atoms with E-state index in [0.29, 0.717) is 0 Å². The molecule has 0 fully saturated rings. The van der Waals surface area contributed by atoms with Crippen molar-refractivity contribution < 1.29 is 0 Å². The molecule has 0 aromatic rings. The fourth-order valence-electron chi connectivity index (χ4n) is 0. The van der Waals surface area contributed by atoms with Crippen molar-refractivity contribution in [1.82, 2.24) is 0 Å². The lowest BCUT2D eigenvalue weighted by Gasteiger charge is -1.35.